The Morgan fingerprint density at radius 2 is 1.95 bits per heavy atom. The lowest BCUT2D eigenvalue weighted by atomic mass is 10.2. The molecule has 0 N–H and O–H groups in total. The Morgan fingerprint density at radius 3 is 2.71 bits per heavy atom. The first-order valence-corrected chi connectivity index (χ1v) is 7.33. The highest BCUT2D eigenvalue weighted by Crippen LogP contribution is 2.24. The summed E-state index contributed by atoms with van der Waals surface area (Å²) in [5.41, 5.74) is 1.79. The van der Waals surface area contributed by atoms with Crippen molar-refractivity contribution in [2.45, 2.75) is 0 Å². The first-order chi connectivity index (χ1) is 10.1. The number of halogens is 2. The van der Waals surface area contributed by atoms with Gasteiger partial charge in [0, 0.05) is 9.50 Å². The number of cyclic esters (lactones) is 1. The van der Waals surface area contributed by atoms with Crippen LogP contribution >= 0.6 is 27.5 Å². The Labute approximate surface area is 135 Å². The average molecular weight is 363 g/mol. The van der Waals surface area contributed by atoms with Gasteiger partial charge in [-0.2, -0.15) is 0 Å². The molecule has 104 valence electrons. The van der Waals surface area contributed by atoms with E-state index < -0.39 is 5.97 Å². The summed E-state index contributed by atoms with van der Waals surface area (Å²) >= 11 is 9.34. The molecule has 0 aromatic heterocycles. The normalized spacial score (nSPS) is 16.0. The molecule has 0 bridgehead atoms. The highest BCUT2D eigenvalue weighted by atomic mass is 79.9. The van der Waals surface area contributed by atoms with Crippen LogP contribution in [0.25, 0.3) is 6.08 Å². The van der Waals surface area contributed by atoms with E-state index in [2.05, 4.69) is 20.9 Å². The van der Waals surface area contributed by atoms with Gasteiger partial charge in [0.2, 0.25) is 5.90 Å². The van der Waals surface area contributed by atoms with Crippen LogP contribution in [0.3, 0.4) is 0 Å². The minimum Gasteiger partial charge on any atom is -0.402 e. The molecule has 0 unspecified atom stereocenters. The summed E-state index contributed by atoms with van der Waals surface area (Å²) in [6.07, 6.45) is 1.65. The summed E-state index contributed by atoms with van der Waals surface area (Å²) in [6, 6.07) is 14.6. The number of benzene rings is 2. The van der Waals surface area contributed by atoms with Crippen molar-refractivity contribution in [3.63, 3.8) is 0 Å². The Hall–Kier alpha value is -1.91. The van der Waals surface area contributed by atoms with E-state index in [4.69, 9.17) is 16.3 Å². The predicted molar refractivity (Wildman–Crippen MR) is 86.2 cm³/mol. The topological polar surface area (TPSA) is 38.7 Å². The third-order valence-corrected chi connectivity index (χ3v) is 3.80. The number of hydrogen-bond donors (Lipinski definition) is 0. The summed E-state index contributed by atoms with van der Waals surface area (Å²) in [4.78, 5) is 16.2. The molecule has 0 spiro atoms. The van der Waals surface area contributed by atoms with Crippen molar-refractivity contribution < 1.29 is 9.53 Å². The summed E-state index contributed by atoms with van der Waals surface area (Å²) in [7, 11) is 0. The first kappa shape index (κ1) is 14.0. The van der Waals surface area contributed by atoms with Crippen LogP contribution in [-0.2, 0) is 9.53 Å². The average Bonchev–Trinajstić information content (AvgIpc) is 2.80. The second-order valence-corrected chi connectivity index (χ2v) is 5.66. The van der Waals surface area contributed by atoms with E-state index in [0.717, 1.165) is 15.6 Å². The SMILES string of the molecule is O=C1OC(c2ccccc2Br)=N/C1=C\c1cccc(Cl)c1. The van der Waals surface area contributed by atoms with Crippen LogP contribution in [0.2, 0.25) is 5.02 Å². The number of aliphatic imine (C=N–C) groups is 1. The summed E-state index contributed by atoms with van der Waals surface area (Å²) in [5.74, 6) is -0.179. The van der Waals surface area contributed by atoms with Gasteiger partial charge in [0.25, 0.3) is 0 Å². The van der Waals surface area contributed by atoms with Gasteiger partial charge in [-0.25, -0.2) is 9.79 Å². The van der Waals surface area contributed by atoms with E-state index in [9.17, 15) is 4.79 Å². The monoisotopic (exact) mass is 361 g/mol. The van der Waals surface area contributed by atoms with E-state index in [1.807, 2.05) is 36.4 Å². The maximum Gasteiger partial charge on any atom is 0.363 e. The lowest BCUT2D eigenvalue weighted by Gasteiger charge is -2.01. The van der Waals surface area contributed by atoms with Gasteiger partial charge in [-0.05, 0) is 51.8 Å². The van der Waals surface area contributed by atoms with Crippen LogP contribution in [0.1, 0.15) is 11.1 Å². The molecule has 0 amide bonds. The van der Waals surface area contributed by atoms with E-state index >= 15 is 0 Å². The zero-order valence-electron chi connectivity index (χ0n) is 10.7. The van der Waals surface area contributed by atoms with E-state index in [1.165, 1.54) is 0 Å². The highest BCUT2D eigenvalue weighted by molar-refractivity contribution is 9.10. The van der Waals surface area contributed by atoms with Gasteiger partial charge in [0.1, 0.15) is 0 Å². The fourth-order valence-electron chi connectivity index (χ4n) is 1.91. The van der Waals surface area contributed by atoms with Crippen LogP contribution < -0.4 is 0 Å². The maximum absolute atomic E-state index is 11.9. The summed E-state index contributed by atoms with van der Waals surface area (Å²) < 4.78 is 6.04. The van der Waals surface area contributed by atoms with Crippen molar-refractivity contribution in [3.8, 4) is 0 Å². The molecule has 0 saturated carbocycles. The number of rotatable bonds is 2. The predicted octanol–water partition coefficient (Wildman–Crippen LogP) is 4.45. The molecule has 0 radical (unpaired) electrons. The minimum atomic E-state index is -0.472. The molecule has 0 aliphatic carbocycles. The van der Waals surface area contributed by atoms with Gasteiger partial charge in [-0.3, -0.25) is 0 Å². The zero-order valence-corrected chi connectivity index (χ0v) is 13.1. The molecule has 3 nitrogen and oxygen atoms in total. The van der Waals surface area contributed by atoms with E-state index in [1.54, 1.807) is 18.2 Å². The van der Waals surface area contributed by atoms with Crippen LogP contribution in [0.4, 0.5) is 0 Å². The first-order valence-electron chi connectivity index (χ1n) is 6.16. The molecule has 1 heterocycles. The molecule has 0 atom stereocenters. The molecule has 1 aliphatic rings. The maximum atomic E-state index is 11.9. The van der Waals surface area contributed by atoms with Crippen molar-refractivity contribution in [3.05, 3.63) is 74.9 Å². The fourth-order valence-corrected chi connectivity index (χ4v) is 2.57. The Bertz CT molecular complexity index is 783. The molecule has 1 aliphatic heterocycles. The molecule has 0 saturated heterocycles. The standard InChI is InChI=1S/C16H9BrClNO2/c17-13-7-2-1-6-12(13)15-19-14(16(20)21-15)9-10-4-3-5-11(18)8-10/h1-9H/b14-9-. The number of hydrogen-bond acceptors (Lipinski definition) is 3. The molecule has 21 heavy (non-hydrogen) atoms. The van der Waals surface area contributed by atoms with Gasteiger partial charge in [0.05, 0.1) is 5.56 Å². The van der Waals surface area contributed by atoms with Crippen molar-refractivity contribution in [1.29, 1.82) is 0 Å². The van der Waals surface area contributed by atoms with Gasteiger partial charge in [-0.15, -0.1) is 0 Å². The Balaban J connectivity index is 1.98. The number of carbonyl (C=O) groups is 1. The second kappa shape index (κ2) is 5.84. The number of nitrogens with zero attached hydrogens (tertiary/aromatic N) is 1. The third kappa shape index (κ3) is 3.06. The summed E-state index contributed by atoms with van der Waals surface area (Å²) in [6.45, 7) is 0. The van der Waals surface area contributed by atoms with Gasteiger partial charge >= 0.3 is 5.97 Å². The number of carbonyl (C=O) groups excluding carboxylic acids is 1. The number of esters is 1. The highest BCUT2D eigenvalue weighted by Gasteiger charge is 2.25. The molecule has 2 aromatic rings. The van der Waals surface area contributed by atoms with Crippen molar-refractivity contribution in [1.82, 2.24) is 0 Å². The van der Waals surface area contributed by atoms with Crippen molar-refractivity contribution >= 4 is 45.5 Å². The van der Waals surface area contributed by atoms with E-state index in [-0.39, 0.29) is 5.70 Å². The smallest absolute Gasteiger partial charge is 0.363 e. The van der Waals surface area contributed by atoms with Crippen molar-refractivity contribution in [2.24, 2.45) is 4.99 Å². The van der Waals surface area contributed by atoms with Gasteiger partial charge in [-0.1, -0.05) is 35.9 Å². The van der Waals surface area contributed by atoms with Crippen LogP contribution in [-0.4, -0.2) is 11.9 Å². The lowest BCUT2D eigenvalue weighted by Crippen LogP contribution is -2.05. The molecule has 3 rings (SSSR count). The molecule has 2 aromatic carbocycles. The van der Waals surface area contributed by atoms with Crippen LogP contribution in [0, 0.1) is 0 Å². The van der Waals surface area contributed by atoms with E-state index in [0.29, 0.717) is 10.9 Å². The zero-order chi connectivity index (χ0) is 14.8. The van der Waals surface area contributed by atoms with Crippen LogP contribution in [0.15, 0.2) is 63.7 Å². The second-order valence-electron chi connectivity index (χ2n) is 4.37. The lowest BCUT2D eigenvalue weighted by molar-refractivity contribution is -0.129. The minimum absolute atomic E-state index is 0.253. The Morgan fingerprint density at radius 1 is 1.14 bits per heavy atom. The number of ether oxygens (including phenoxy) is 1. The molecule has 5 heteroatoms. The quantitative estimate of drug-likeness (QED) is 0.585. The molecular formula is C16H9BrClNO2. The summed E-state index contributed by atoms with van der Waals surface area (Å²) in [5, 5.41) is 0.603. The van der Waals surface area contributed by atoms with Gasteiger partial charge < -0.3 is 4.74 Å². The Kier molecular flexibility index (Phi) is 3.90. The van der Waals surface area contributed by atoms with Crippen LogP contribution in [0.5, 0.6) is 0 Å². The third-order valence-electron chi connectivity index (χ3n) is 2.88. The molecular weight excluding hydrogens is 354 g/mol. The molecule has 0 fully saturated rings. The van der Waals surface area contributed by atoms with Crippen molar-refractivity contribution in [2.75, 3.05) is 0 Å². The van der Waals surface area contributed by atoms with Gasteiger partial charge in [0.15, 0.2) is 5.70 Å². The fraction of sp³-hybridized carbons (Fsp3) is 0. The largest absolute Gasteiger partial charge is 0.402 e.